The van der Waals surface area contributed by atoms with Crippen molar-refractivity contribution in [3.05, 3.63) is 36.2 Å². The Balaban J connectivity index is 0.000001000. The fourth-order valence-electron chi connectivity index (χ4n) is 0.580. The van der Waals surface area contributed by atoms with Gasteiger partial charge in [-0.1, -0.05) is 12.2 Å². The van der Waals surface area contributed by atoms with Crippen molar-refractivity contribution in [1.29, 1.82) is 0 Å². The Hall–Kier alpha value is -0.730. The van der Waals surface area contributed by atoms with E-state index in [0.717, 1.165) is 0 Å². The van der Waals surface area contributed by atoms with Crippen LogP contribution in [0.25, 0.3) is 0 Å². The lowest BCUT2D eigenvalue weighted by Crippen LogP contribution is -2.09. The largest absolute Gasteiger partial charge is 0.358 e. The molecular weight excluding hydrogens is 185 g/mol. The highest BCUT2D eigenvalue weighted by Gasteiger charge is 2.01. The van der Waals surface area contributed by atoms with Crippen LogP contribution in [0.3, 0.4) is 0 Å². The van der Waals surface area contributed by atoms with Crippen LogP contribution in [0.4, 0.5) is 0 Å². The molecule has 0 aromatic carbocycles. The van der Waals surface area contributed by atoms with Crippen LogP contribution in [-0.2, 0) is 4.79 Å². The maximum Gasteiger partial charge on any atom is 0.268 e. The maximum absolute atomic E-state index is 10.5. The lowest BCUT2D eigenvalue weighted by molar-refractivity contribution is -0.108. The third-order valence-corrected chi connectivity index (χ3v) is 1.24. The fourth-order valence-corrected chi connectivity index (χ4v) is 0.697. The molecule has 1 N–H and O–H groups in total. The highest BCUT2D eigenvalue weighted by Crippen LogP contribution is 1.99. The molecule has 0 fully saturated rings. The minimum absolute atomic E-state index is 0. The van der Waals surface area contributed by atoms with E-state index >= 15 is 0 Å². The van der Waals surface area contributed by atoms with Gasteiger partial charge in [0.1, 0.15) is 0 Å². The molecule has 0 bridgehead atoms. The number of halogens is 2. The van der Waals surface area contributed by atoms with E-state index in [1.165, 1.54) is 0 Å². The summed E-state index contributed by atoms with van der Waals surface area (Å²) in [5.74, 6) is 0. The predicted octanol–water partition coefficient (Wildman–Crippen LogP) is 1.73. The Bertz CT molecular complexity index is 231. The molecule has 60 valence electrons. The minimum Gasteiger partial charge on any atom is -0.358 e. The number of hydrogen-bond donors (Lipinski definition) is 1. The molecule has 1 aliphatic heterocycles. The third-order valence-electron chi connectivity index (χ3n) is 1.03. The Morgan fingerprint density at radius 1 is 1.36 bits per heavy atom. The van der Waals surface area contributed by atoms with Crippen molar-refractivity contribution < 1.29 is 4.79 Å². The summed E-state index contributed by atoms with van der Waals surface area (Å²) >= 11 is 5.19. The van der Waals surface area contributed by atoms with Gasteiger partial charge in [0.15, 0.2) is 0 Å². The zero-order valence-corrected chi connectivity index (χ0v) is 7.15. The van der Waals surface area contributed by atoms with Crippen molar-refractivity contribution in [1.82, 2.24) is 5.32 Å². The van der Waals surface area contributed by atoms with E-state index in [2.05, 4.69) is 5.32 Å². The normalized spacial score (nSPS) is 14.1. The maximum atomic E-state index is 10.5. The summed E-state index contributed by atoms with van der Waals surface area (Å²) in [5.41, 5.74) is 0.395. The lowest BCUT2D eigenvalue weighted by Gasteiger charge is -1.96. The van der Waals surface area contributed by atoms with E-state index < -0.39 is 5.24 Å². The summed E-state index contributed by atoms with van der Waals surface area (Å²) in [4.78, 5) is 10.5. The lowest BCUT2D eigenvalue weighted by atomic mass is 10.4. The molecule has 2 nitrogen and oxygen atoms in total. The van der Waals surface area contributed by atoms with Crippen LogP contribution in [0.5, 0.6) is 0 Å². The van der Waals surface area contributed by atoms with Crippen molar-refractivity contribution in [2.45, 2.75) is 0 Å². The molecule has 11 heavy (non-hydrogen) atoms. The first-order valence-corrected chi connectivity index (χ1v) is 3.18. The summed E-state index contributed by atoms with van der Waals surface area (Å²) in [6.07, 6.45) is 8.60. The average Bonchev–Trinajstić information content (AvgIpc) is 2.12. The second-order valence-electron chi connectivity index (χ2n) is 1.74. The SMILES string of the molecule is Cl.O=C(Cl)C1=CC=CC=CN1. The topological polar surface area (TPSA) is 29.1 Å². The van der Waals surface area contributed by atoms with Gasteiger partial charge in [0.2, 0.25) is 0 Å². The fraction of sp³-hybridized carbons (Fsp3) is 0. The summed E-state index contributed by atoms with van der Waals surface area (Å²) < 4.78 is 0. The van der Waals surface area contributed by atoms with Gasteiger partial charge in [-0.3, -0.25) is 4.79 Å². The number of allylic oxidation sites excluding steroid dienone is 5. The molecule has 1 rings (SSSR count). The van der Waals surface area contributed by atoms with Gasteiger partial charge in [0.25, 0.3) is 5.24 Å². The van der Waals surface area contributed by atoms with Gasteiger partial charge in [0, 0.05) is 6.20 Å². The van der Waals surface area contributed by atoms with E-state index in [1.54, 1.807) is 30.5 Å². The second-order valence-corrected chi connectivity index (χ2v) is 2.09. The van der Waals surface area contributed by atoms with Crippen LogP contribution in [-0.4, -0.2) is 5.24 Å². The Kier molecular flexibility index (Phi) is 4.66. The van der Waals surface area contributed by atoms with Gasteiger partial charge in [0.05, 0.1) is 5.70 Å². The first kappa shape index (κ1) is 10.3. The van der Waals surface area contributed by atoms with Gasteiger partial charge in [-0.15, -0.1) is 12.4 Å². The van der Waals surface area contributed by atoms with E-state index in [0.29, 0.717) is 5.70 Å². The molecule has 0 unspecified atom stereocenters. The summed E-state index contributed by atoms with van der Waals surface area (Å²) in [7, 11) is 0. The van der Waals surface area contributed by atoms with Crippen LogP contribution < -0.4 is 5.32 Å². The van der Waals surface area contributed by atoms with Crippen molar-refractivity contribution in [3.63, 3.8) is 0 Å². The first-order chi connectivity index (χ1) is 4.80. The Labute approximate surface area is 76.0 Å². The highest BCUT2D eigenvalue weighted by atomic mass is 35.5. The zero-order chi connectivity index (χ0) is 7.40. The molecule has 0 atom stereocenters. The monoisotopic (exact) mass is 191 g/mol. The number of hydrogen-bond acceptors (Lipinski definition) is 2. The average molecular weight is 192 g/mol. The van der Waals surface area contributed by atoms with Gasteiger partial charge in [-0.05, 0) is 23.8 Å². The highest BCUT2D eigenvalue weighted by molar-refractivity contribution is 6.67. The molecule has 4 heteroatoms. The zero-order valence-electron chi connectivity index (χ0n) is 5.58. The molecule has 1 aliphatic rings. The molecule has 0 aliphatic carbocycles. The van der Waals surface area contributed by atoms with Crippen molar-refractivity contribution in [2.24, 2.45) is 0 Å². The first-order valence-electron chi connectivity index (χ1n) is 2.80. The van der Waals surface area contributed by atoms with Crippen LogP contribution in [0.1, 0.15) is 0 Å². The van der Waals surface area contributed by atoms with Crippen molar-refractivity contribution in [2.75, 3.05) is 0 Å². The van der Waals surface area contributed by atoms with Gasteiger partial charge < -0.3 is 5.32 Å². The molecule has 0 aromatic heterocycles. The summed E-state index contributed by atoms with van der Waals surface area (Å²) in [6.45, 7) is 0. The smallest absolute Gasteiger partial charge is 0.268 e. The van der Waals surface area contributed by atoms with E-state index in [4.69, 9.17) is 11.6 Å². The van der Waals surface area contributed by atoms with E-state index in [1.807, 2.05) is 0 Å². The molecule has 0 spiro atoms. The van der Waals surface area contributed by atoms with Crippen LogP contribution in [0.2, 0.25) is 0 Å². The number of nitrogens with one attached hydrogen (secondary N) is 1. The number of carbonyl (C=O) groups excluding carboxylic acids is 1. The van der Waals surface area contributed by atoms with Crippen LogP contribution in [0, 0.1) is 0 Å². The minimum atomic E-state index is -0.476. The molecule has 1 heterocycles. The van der Waals surface area contributed by atoms with Gasteiger partial charge in [-0.2, -0.15) is 0 Å². The van der Waals surface area contributed by atoms with Crippen molar-refractivity contribution >= 4 is 29.3 Å². The second kappa shape index (κ2) is 4.99. The number of carbonyl (C=O) groups is 1. The molecular formula is C7H7Cl2NO. The predicted molar refractivity (Wildman–Crippen MR) is 47.6 cm³/mol. The summed E-state index contributed by atoms with van der Waals surface area (Å²) in [5, 5.41) is 2.24. The Morgan fingerprint density at radius 2 is 2.09 bits per heavy atom. The standard InChI is InChI=1S/C7H6ClNO.ClH/c8-7(10)6-4-2-1-3-5-9-6;/h1-5,9H;1H. The number of rotatable bonds is 1. The summed E-state index contributed by atoms with van der Waals surface area (Å²) in [6, 6.07) is 0. The van der Waals surface area contributed by atoms with Crippen molar-refractivity contribution in [3.8, 4) is 0 Å². The molecule has 0 saturated carbocycles. The van der Waals surface area contributed by atoms with Gasteiger partial charge >= 0.3 is 0 Å². The molecule has 0 amide bonds. The molecule has 0 aromatic rings. The van der Waals surface area contributed by atoms with E-state index in [9.17, 15) is 4.79 Å². The molecule has 0 radical (unpaired) electrons. The quantitative estimate of drug-likeness (QED) is 0.641. The van der Waals surface area contributed by atoms with Crippen LogP contribution in [0.15, 0.2) is 36.2 Å². The molecule has 0 saturated heterocycles. The third kappa shape index (κ3) is 3.25. The Morgan fingerprint density at radius 3 is 2.73 bits per heavy atom. The van der Waals surface area contributed by atoms with Crippen LogP contribution >= 0.6 is 24.0 Å². The van der Waals surface area contributed by atoms with Gasteiger partial charge in [-0.25, -0.2) is 0 Å². The van der Waals surface area contributed by atoms with E-state index in [-0.39, 0.29) is 12.4 Å².